The van der Waals surface area contributed by atoms with Crippen molar-refractivity contribution in [2.45, 2.75) is 39.5 Å². The van der Waals surface area contributed by atoms with E-state index in [1.807, 2.05) is 0 Å². The fourth-order valence-corrected chi connectivity index (χ4v) is 1.24. The van der Waals surface area contributed by atoms with E-state index in [-0.39, 0.29) is 18.2 Å². The molecule has 1 rings (SSSR count). The molecule has 0 saturated carbocycles. The van der Waals surface area contributed by atoms with Gasteiger partial charge in [0.05, 0.1) is 11.5 Å². The summed E-state index contributed by atoms with van der Waals surface area (Å²) in [5.41, 5.74) is 7.75. The topological polar surface area (TPSA) is 87.1 Å². The number of carbonyl (C=O) groups excluding carboxylic acids is 1. The average Bonchev–Trinajstić information content (AvgIpc) is 2.51. The van der Waals surface area contributed by atoms with Crippen molar-refractivity contribution < 1.29 is 9.53 Å². The van der Waals surface area contributed by atoms with Gasteiger partial charge in [-0.2, -0.15) is 0 Å². The fraction of sp³-hybridized carbons (Fsp3) is 0.889. The Balaban J connectivity index is 2.43. The Morgan fingerprint density at radius 3 is 2.80 bits per heavy atom. The van der Waals surface area contributed by atoms with Crippen LogP contribution in [0.5, 0.6) is 0 Å². The summed E-state index contributed by atoms with van der Waals surface area (Å²) in [5, 5.41) is 6.56. The number of azide groups is 1. The summed E-state index contributed by atoms with van der Waals surface area (Å²) in [4.78, 5) is 14.2. The highest BCUT2D eigenvalue weighted by molar-refractivity contribution is 5.75. The lowest BCUT2D eigenvalue weighted by molar-refractivity contribution is -0.159. The van der Waals surface area contributed by atoms with Gasteiger partial charge in [0, 0.05) is 17.9 Å². The molecular weight excluding hydrogens is 196 g/mol. The summed E-state index contributed by atoms with van der Waals surface area (Å²) in [7, 11) is 0. The minimum Gasteiger partial charge on any atom is -0.446 e. The zero-order valence-corrected chi connectivity index (χ0v) is 9.23. The van der Waals surface area contributed by atoms with E-state index in [0.717, 1.165) is 0 Å². The van der Waals surface area contributed by atoms with Crippen LogP contribution in [0.3, 0.4) is 0 Å². The number of carbonyl (C=O) groups is 1. The molecule has 0 aromatic rings. The number of esters is 1. The van der Waals surface area contributed by atoms with E-state index in [2.05, 4.69) is 15.3 Å². The largest absolute Gasteiger partial charge is 0.446 e. The van der Waals surface area contributed by atoms with Gasteiger partial charge in [-0.05, 0) is 26.3 Å². The second-order valence-corrected chi connectivity index (χ2v) is 4.65. The van der Waals surface area contributed by atoms with Crippen LogP contribution < -0.4 is 5.32 Å². The van der Waals surface area contributed by atoms with E-state index >= 15 is 0 Å². The zero-order chi connectivity index (χ0) is 11.5. The highest BCUT2D eigenvalue weighted by Gasteiger charge is 2.30. The number of hydrogen-bond donors (Lipinski definition) is 1. The van der Waals surface area contributed by atoms with E-state index in [4.69, 9.17) is 10.3 Å². The zero-order valence-electron chi connectivity index (χ0n) is 9.23. The summed E-state index contributed by atoms with van der Waals surface area (Å²) < 4.78 is 5.22. The smallest absolute Gasteiger partial charge is 0.312 e. The van der Waals surface area contributed by atoms with Gasteiger partial charge in [0.15, 0.2) is 6.23 Å². The Kier molecular flexibility index (Phi) is 3.55. The van der Waals surface area contributed by atoms with Crippen molar-refractivity contribution in [2.75, 3.05) is 6.54 Å². The molecule has 0 aliphatic carbocycles. The molecule has 0 amide bonds. The van der Waals surface area contributed by atoms with Crippen LogP contribution in [0.15, 0.2) is 5.11 Å². The second kappa shape index (κ2) is 4.51. The third-order valence-corrected chi connectivity index (χ3v) is 2.14. The van der Waals surface area contributed by atoms with Gasteiger partial charge in [-0.1, -0.05) is 5.11 Å². The molecule has 15 heavy (non-hydrogen) atoms. The number of ether oxygens (including phenoxy) is 1. The number of rotatable bonds is 2. The van der Waals surface area contributed by atoms with E-state index in [0.29, 0.717) is 13.0 Å². The molecule has 0 bridgehead atoms. The van der Waals surface area contributed by atoms with Crippen molar-refractivity contribution in [3.8, 4) is 0 Å². The minimum atomic E-state index is -0.502. The lowest BCUT2D eigenvalue weighted by Crippen LogP contribution is -2.33. The first kappa shape index (κ1) is 11.8. The maximum Gasteiger partial charge on any atom is 0.312 e. The van der Waals surface area contributed by atoms with Crippen molar-refractivity contribution in [2.24, 2.45) is 10.5 Å². The van der Waals surface area contributed by atoms with Gasteiger partial charge in [-0.3, -0.25) is 10.1 Å². The summed E-state index contributed by atoms with van der Waals surface area (Å²) in [5.74, 6) is -0.249. The molecule has 6 nitrogen and oxygen atoms in total. The minimum absolute atomic E-state index is 0.118. The first-order valence-electron chi connectivity index (χ1n) is 4.92. The Morgan fingerprint density at radius 1 is 1.60 bits per heavy atom. The predicted molar refractivity (Wildman–Crippen MR) is 54.9 cm³/mol. The van der Waals surface area contributed by atoms with Crippen LogP contribution in [-0.4, -0.2) is 24.8 Å². The molecule has 0 aromatic carbocycles. The van der Waals surface area contributed by atoms with Crippen LogP contribution in [0.1, 0.15) is 27.2 Å². The van der Waals surface area contributed by atoms with Crippen molar-refractivity contribution in [3.63, 3.8) is 0 Å². The fourth-order valence-electron chi connectivity index (χ4n) is 1.24. The van der Waals surface area contributed by atoms with E-state index < -0.39 is 5.41 Å². The molecule has 2 atom stereocenters. The van der Waals surface area contributed by atoms with Gasteiger partial charge in [0.25, 0.3) is 0 Å². The molecule has 1 heterocycles. The van der Waals surface area contributed by atoms with Gasteiger partial charge < -0.3 is 4.74 Å². The van der Waals surface area contributed by atoms with E-state index in [1.165, 1.54) is 0 Å². The molecule has 1 fully saturated rings. The molecule has 1 N–H and O–H groups in total. The Morgan fingerprint density at radius 2 is 2.27 bits per heavy atom. The highest BCUT2D eigenvalue weighted by Crippen LogP contribution is 2.19. The van der Waals surface area contributed by atoms with Crippen LogP contribution >= 0.6 is 0 Å². The number of nitrogens with one attached hydrogen (secondary N) is 1. The first-order chi connectivity index (χ1) is 6.93. The summed E-state index contributed by atoms with van der Waals surface area (Å²) in [6.45, 7) is 5.96. The first-order valence-corrected chi connectivity index (χ1v) is 4.92. The molecule has 0 aromatic heterocycles. The summed E-state index contributed by atoms with van der Waals surface area (Å²) in [6, 6.07) is -0.118. The van der Waals surface area contributed by atoms with E-state index in [9.17, 15) is 4.79 Å². The van der Waals surface area contributed by atoms with Crippen molar-refractivity contribution in [1.29, 1.82) is 0 Å². The molecule has 1 saturated heterocycles. The molecule has 0 spiro atoms. The van der Waals surface area contributed by atoms with Crippen molar-refractivity contribution in [1.82, 2.24) is 5.32 Å². The van der Waals surface area contributed by atoms with Crippen molar-refractivity contribution in [3.05, 3.63) is 10.4 Å². The van der Waals surface area contributed by atoms with Crippen LogP contribution in [0.4, 0.5) is 0 Å². The molecule has 1 aliphatic rings. The number of nitrogens with zero attached hydrogens (tertiary/aromatic N) is 3. The molecule has 1 aliphatic heterocycles. The molecule has 84 valence electrons. The average molecular weight is 212 g/mol. The van der Waals surface area contributed by atoms with Crippen LogP contribution in [0, 0.1) is 5.41 Å². The van der Waals surface area contributed by atoms with Gasteiger partial charge in [0.1, 0.15) is 0 Å². The normalized spacial score (nSPS) is 25.8. The number of hydrogen-bond acceptors (Lipinski definition) is 4. The van der Waals surface area contributed by atoms with Crippen LogP contribution in [0.25, 0.3) is 10.4 Å². The standard InChI is InChI=1S/C9H16N4O2/c1-9(2,3)8(14)15-7-4-6(5-11-7)12-13-10/h6-7,11H,4-5H2,1-3H3/t6-,7?/m1/s1. The van der Waals surface area contributed by atoms with Gasteiger partial charge in [-0.25, -0.2) is 0 Å². The molecular formula is C9H16N4O2. The lowest BCUT2D eigenvalue weighted by Gasteiger charge is -2.20. The molecule has 0 radical (unpaired) electrons. The van der Waals surface area contributed by atoms with Gasteiger partial charge in [0.2, 0.25) is 0 Å². The van der Waals surface area contributed by atoms with Crippen LogP contribution in [-0.2, 0) is 9.53 Å². The Labute approximate surface area is 88.6 Å². The maximum atomic E-state index is 11.5. The third kappa shape index (κ3) is 3.42. The SMILES string of the molecule is CC(C)(C)C(=O)OC1C[C@@H](N=[N+]=[N-])CN1. The summed E-state index contributed by atoms with van der Waals surface area (Å²) >= 11 is 0. The Bertz CT molecular complexity index is 291. The molecule has 1 unspecified atom stereocenters. The third-order valence-electron chi connectivity index (χ3n) is 2.14. The highest BCUT2D eigenvalue weighted by atomic mass is 16.6. The molecule has 6 heteroatoms. The quantitative estimate of drug-likeness (QED) is 0.326. The van der Waals surface area contributed by atoms with Crippen LogP contribution in [0.2, 0.25) is 0 Å². The van der Waals surface area contributed by atoms with Gasteiger partial charge >= 0.3 is 5.97 Å². The predicted octanol–water partition coefficient (Wildman–Crippen LogP) is 1.57. The lowest BCUT2D eigenvalue weighted by atomic mass is 9.97. The Hall–Kier alpha value is -1.26. The second-order valence-electron chi connectivity index (χ2n) is 4.65. The van der Waals surface area contributed by atoms with E-state index in [1.54, 1.807) is 20.8 Å². The van der Waals surface area contributed by atoms with Crippen molar-refractivity contribution >= 4 is 5.97 Å². The van der Waals surface area contributed by atoms with Gasteiger partial charge in [-0.15, -0.1) is 0 Å². The summed E-state index contributed by atoms with van der Waals surface area (Å²) in [6.07, 6.45) is 0.221. The maximum absolute atomic E-state index is 11.5. The monoisotopic (exact) mass is 212 g/mol.